The predicted octanol–water partition coefficient (Wildman–Crippen LogP) is 2.89. The van der Waals surface area contributed by atoms with Crippen LogP contribution in [0.4, 0.5) is 17.6 Å². The molecule has 0 bridgehead atoms. The minimum absolute atomic E-state index is 0.0361. The summed E-state index contributed by atoms with van der Waals surface area (Å²) in [4.78, 5) is 10.1. The molecule has 0 aliphatic heterocycles. The average Bonchev–Trinajstić information content (AvgIpc) is 2.16. The average molecular weight is 219 g/mol. The van der Waals surface area contributed by atoms with Crippen LogP contribution in [0, 0.1) is 0 Å². The molecule has 0 heterocycles. The number of benzene rings is 1. The van der Waals surface area contributed by atoms with Crippen molar-refractivity contribution in [1.29, 1.82) is 0 Å². The van der Waals surface area contributed by atoms with Crippen LogP contribution < -0.4 is 0 Å². The Bertz CT molecular complexity index is 351. The van der Waals surface area contributed by atoms with Crippen LogP contribution in [0.15, 0.2) is 24.3 Å². The van der Waals surface area contributed by atoms with E-state index in [1.807, 2.05) is 0 Å². The second-order valence-electron chi connectivity index (χ2n) is 3.14. The molecular weight excluding hydrogens is 212 g/mol. The lowest BCUT2D eigenvalue weighted by atomic mass is 10.0. The minimum atomic E-state index is -4.24. The van der Waals surface area contributed by atoms with Gasteiger partial charge in [-0.25, -0.2) is 0 Å². The van der Waals surface area contributed by atoms with Crippen molar-refractivity contribution in [1.82, 2.24) is 0 Å². The molecule has 0 spiro atoms. The third kappa shape index (κ3) is 2.16. The van der Waals surface area contributed by atoms with E-state index in [-0.39, 0.29) is 12.5 Å². The van der Waals surface area contributed by atoms with Crippen LogP contribution in [0.25, 0.3) is 0 Å². The third-order valence-electron chi connectivity index (χ3n) is 1.92. The number of rotatable bonds is 3. The highest BCUT2D eigenvalue weighted by Crippen LogP contribution is 2.42. The molecule has 0 aliphatic carbocycles. The maximum atomic E-state index is 13.0. The van der Waals surface area contributed by atoms with Gasteiger partial charge < -0.3 is 0 Å². The molecule has 1 nitrogen and oxygen atoms in total. The van der Waals surface area contributed by atoms with Crippen LogP contribution in [0.2, 0.25) is 0 Å². The summed E-state index contributed by atoms with van der Waals surface area (Å²) in [5.74, 6) is -8.38. The molecule has 0 saturated carbocycles. The highest BCUT2D eigenvalue weighted by molar-refractivity contribution is 5.75. The number of hydrogen-bond acceptors (Lipinski definition) is 1. The SMILES string of the molecule is CC(F)(F)C(F)(F)c1ccc([C]=O)cc1. The normalized spacial score (nSPS) is 12.6. The summed E-state index contributed by atoms with van der Waals surface area (Å²) in [6.07, 6.45) is 1.46. The maximum absolute atomic E-state index is 13.0. The minimum Gasteiger partial charge on any atom is -0.285 e. The smallest absolute Gasteiger partial charge is 0.285 e. The lowest BCUT2D eigenvalue weighted by Gasteiger charge is -2.23. The molecule has 1 radical (unpaired) electrons. The Morgan fingerprint density at radius 2 is 1.53 bits per heavy atom. The summed E-state index contributed by atoms with van der Waals surface area (Å²) in [5.41, 5.74) is -0.789. The van der Waals surface area contributed by atoms with Gasteiger partial charge in [0.1, 0.15) is 0 Å². The van der Waals surface area contributed by atoms with E-state index in [1.165, 1.54) is 6.29 Å². The Balaban J connectivity index is 3.11. The van der Waals surface area contributed by atoms with E-state index in [2.05, 4.69) is 0 Å². The van der Waals surface area contributed by atoms with E-state index >= 15 is 0 Å². The van der Waals surface area contributed by atoms with Crippen molar-refractivity contribution in [3.63, 3.8) is 0 Å². The van der Waals surface area contributed by atoms with E-state index in [9.17, 15) is 22.4 Å². The molecule has 0 unspecified atom stereocenters. The molecule has 15 heavy (non-hydrogen) atoms. The molecular formula is C10H7F4O. The Hall–Kier alpha value is -1.39. The summed E-state index contributed by atoms with van der Waals surface area (Å²) in [5, 5.41) is 0. The van der Waals surface area contributed by atoms with Gasteiger partial charge in [0.05, 0.1) is 0 Å². The molecule has 0 N–H and O–H groups in total. The standard InChI is InChI=1S/C10H7F4O/c1-9(11,12)10(13,14)8-4-2-7(6-15)3-5-8/h2-5H,1H3. The second-order valence-corrected chi connectivity index (χ2v) is 3.14. The molecule has 0 amide bonds. The number of carbonyl (C=O) groups excluding carboxylic acids is 1. The first-order valence-corrected chi connectivity index (χ1v) is 4.03. The number of halogens is 4. The van der Waals surface area contributed by atoms with Crippen molar-refractivity contribution < 1.29 is 22.4 Å². The monoisotopic (exact) mass is 219 g/mol. The van der Waals surface area contributed by atoms with Crippen molar-refractivity contribution in [3.8, 4) is 0 Å². The zero-order valence-electron chi connectivity index (χ0n) is 7.73. The number of hydrogen-bond donors (Lipinski definition) is 0. The number of alkyl halides is 4. The first-order valence-electron chi connectivity index (χ1n) is 4.03. The van der Waals surface area contributed by atoms with Gasteiger partial charge in [0.15, 0.2) is 0 Å². The Labute approximate surface area is 83.7 Å². The summed E-state index contributed by atoms with van der Waals surface area (Å²) < 4.78 is 51.2. The Kier molecular flexibility index (Phi) is 2.83. The first kappa shape index (κ1) is 11.7. The lowest BCUT2D eigenvalue weighted by molar-refractivity contribution is -0.204. The quantitative estimate of drug-likeness (QED) is 0.714. The fourth-order valence-electron chi connectivity index (χ4n) is 1.00. The summed E-state index contributed by atoms with van der Waals surface area (Å²) in [6, 6.07) is 3.61. The van der Waals surface area contributed by atoms with Gasteiger partial charge in [0, 0.05) is 18.1 Å². The van der Waals surface area contributed by atoms with Crippen molar-refractivity contribution in [2.24, 2.45) is 0 Å². The van der Waals surface area contributed by atoms with Crippen molar-refractivity contribution in [3.05, 3.63) is 35.4 Å². The second kappa shape index (κ2) is 3.64. The third-order valence-corrected chi connectivity index (χ3v) is 1.92. The molecule has 0 atom stereocenters. The Morgan fingerprint density at radius 3 is 1.87 bits per heavy atom. The van der Waals surface area contributed by atoms with Crippen LogP contribution in [-0.4, -0.2) is 12.2 Å². The highest BCUT2D eigenvalue weighted by Gasteiger charge is 2.53. The summed E-state index contributed by atoms with van der Waals surface area (Å²) >= 11 is 0. The van der Waals surface area contributed by atoms with Gasteiger partial charge in [-0.15, -0.1) is 0 Å². The van der Waals surface area contributed by atoms with E-state index < -0.39 is 17.4 Å². The molecule has 81 valence electrons. The zero-order chi connectivity index (χ0) is 11.7. The van der Waals surface area contributed by atoms with Crippen molar-refractivity contribution >= 4 is 6.29 Å². The van der Waals surface area contributed by atoms with E-state index in [0.29, 0.717) is 0 Å². The summed E-state index contributed by atoms with van der Waals surface area (Å²) in [6.45, 7) is 0.146. The molecule has 1 aromatic carbocycles. The Morgan fingerprint density at radius 1 is 1.07 bits per heavy atom. The zero-order valence-corrected chi connectivity index (χ0v) is 7.73. The van der Waals surface area contributed by atoms with Gasteiger partial charge in [-0.05, 0) is 0 Å². The van der Waals surface area contributed by atoms with E-state index in [0.717, 1.165) is 24.3 Å². The van der Waals surface area contributed by atoms with Crippen LogP contribution >= 0.6 is 0 Å². The van der Waals surface area contributed by atoms with Crippen LogP contribution in [-0.2, 0) is 10.7 Å². The predicted molar refractivity (Wildman–Crippen MR) is 45.8 cm³/mol. The fourth-order valence-corrected chi connectivity index (χ4v) is 1.00. The maximum Gasteiger partial charge on any atom is 0.335 e. The molecule has 0 saturated heterocycles. The summed E-state index contributed by atoms with van der Waals surface area (Å²) in [7, 11) is 0. The van der Waals surface area contributed by atoms with E-state index in [4.69, 9.17) is 0 Å². The van der Waals surface area contributed by atoms with Gasteiger partial charge in [-0.2, -0.15) is 17.6 Å². The van der Waals surface area contributed by atoms with Gasteiger partial charge in [0.25, 0.3) is 0 Å². The van der Waals surface area contributed by atoms with Crippen LogP contribution in [0.3, 0.4) is 0 Å². The fraction of sp³-hybridized carbons (Fsp3) is 0.300. The van der Waals surface area contributed by atoms with Gasteiger partial charge in [0.2, 0.25) is 6.29 Å². The molecule has 5 heteroatoms. The molecule has 0 fully saturated rings. The van der Waals surface area contributed by atoms with Gasteiger partial charge >= 0.3 is 11.8 Å². The molecule has 0 aromatic heterocycles. The topological polar surface area (TPSA) is 17.1 Å². The van der Waals surface area contributed by atoms with E-state index in [1.54, 1.807) is 0 Å². The highest BCUT2D eigenvalue weighted by atomic mass is 19.3. The van der Waals surface area contributed by atoms with Crippen LogP contribution in [0.5, 0.6) is 0 Å². The molecule has 0 aliphatic rings. The van der Waals surface area contributed by atoms with Gasteiger partial charge in [-0.1, -0.05) is 24.3 Å². The molecule has 1 rings (SSSR count). The van der Waals surface area contributed by atoms with Crippen molar-refractivity contribution in [2.75, 3.05) is 0 Å². The lowest BCUT2D eigenvalue weighted by Crippen LogP contribution is -2.34. The van der Waals surface area contributed by atoms with Crippen molar-refractivity contribution in [2.45, 2.75) is 18.8 Å². The van der Waals surface area contributed by atoms with Gasteiger partial charge in [-0.3, -0.25) is 4.79 Å². The molecule has 1 aromatic rings. The largest absolute Gasteiger partial charge is 0.335 e. The first-order chi connectivity index (χ1) is 6.79. The van der Waals surface area contributed by atoms with Crippen LogP contribution in [0.1, 0.15) is 18.1 Å².